The predicted molar refractivity (Wildman–Crippen MR) is 34.6 cm³/mol. The first-order valence-electron chi connectivity index (χ1n) is 2.81. The molecule has 54 valence electrons. The van der Waals surface area contributed by atoms with Crippen LogP contribution in [0.15, 0.2) is 18.2 Å². The molecule has 0 heterocycles. The van der Waals surface area contributed by atoms with Gasteiger partial charge in [0, 0.05) is 11.6 Å². The van der Waals surface area contributed by atoms with E-state index in [1.54, 1.807) is 0 Å². The van der Waals surface area contributed by atoms with Crippen LogP contribution in [0.1, 0.15) is 5.56 Å². The molecule has 1 aromatic carbocycles. The molecule has 0 fully saturated rings. The number of alkyl halides is 1. The second-order valence-electron chi connectivity index (χ2n) is 1.95. The van der Waals surface area contributed by atoms with Crippen LogP contribution in [-0.2, 0) is 6.67 Å². The Morgan fingerprint density at radius 3 is 2.50 bits per heavy atom. The van der Waals surface area contributed by atoms with E-state index in [0.717, 1.165) is 6.07 Å². The van der Waals surface area contributed by atoms with Gasteiger partial charge in [-0.15, -0.1) is 0 Å². The van der Waals surface area contributed by atoms with Gasteiger partial charge in [-0.1, -0.05) is 0 Å². The fourth-order valence-corrected chi connectivity index (χ4v) is 0.665. The molecule has 1 aromatic rings. The molecule has 2 nitrogen and oxygen atoms in total. The Kier molecular flexibility index (Phi) is 1.76. The molecule has 0 aliphatic heterocycles. The zero-order valence-corrected chi connectivity index (χ0v) is 5.21. The summed E-state index contributed by atoms with van der Waals surface area (Å²) in [6.07, 6.45) is 0. The normalized spacial score (nSPS) is 9.70. The molecule has 0 aromatic heterocycles. The molecule has 0 saturated heterocycles. The van der Waals surface area contributed by atoms with E-state index in [2.05, 4.69) is 0 Å². The molecule has 0 amide bonds. The number of hydrogen-bond donors (Lipinski definition) is 2. The molecule has 0 saturated carbocycles. The molecule has 1 rings (SSSR count). The minimum atomic E-state index is -0.716. The van der Waals surface area contributed by atoms with Crippen LogP contribution in [0, 0.1) is 0 Å². The van der Waals surface area contributed by atoms with Crippen LogP contribution in [0.25, 0.3) is 0 Å². The van der Waals surface area contributed by atoms with Crippen molar-refractivity contribution in [1.29, 1.82) is 0 Å². The first-order chi connectivity index (χ1) is 4.74. The van der Waals surface area contributed by atoms with Gasteiger partial charge in [-0.05, 0) is 12.1 Å². The maximum atomic E-state index is 11.9. The molecule has 0 atom stereocenters. The van der Waals surface area contributed by atoms with Gasteiger partial charge in [-0.25, -0.2) is 4.39 Å². The van der Waals surface area contributed by atoms with Crippen molar-refractivity contribution in [3.8, 4) is 11.5 Å². The highest BCUT2D eigenvalue weighted by molar-refractivity contribution is 5.38. The summed E-state index contributed by atoms with van der Waals surface area (Å²) in [6.45, 7) is -0.716. The number of phenolic OH excluding ortho intramolecular Hbond substituents is 2. The van der Waals surface area contributed by atoms with Crippen LogP contribution in [0.2, 0.25) is 0 Å². The second kappa shape index (κ2) is 2.56. The molecule has 2 N–H and O–H groups in total. The molecule has 0 radical (unpaired) electrons. The van der Waals surface area contributed by atoms with Crippen molar-refractivity contribution in [1.82, 2.24) is 0 Å². The molecule has 0 bridgehead atoms. The Hall–Kier alpha value is -1.25. The lowest BCUT2D eigenvalue weighted by atomic mass is 10.2. The van der Waals surface area contributed by atoms with Crippen LogP contribution < -0.4 is 0 Å². The van der Waals surface area contributed by atoms with Crippen LogP contribution in [0.4, 0.5) is 4.39 Å². The van der Waals surface area contributed by atoms with Crippen LogP contribution >= 0.6 is 0 Å². The Bertz CT molecular complexity index is 235. The summed E-state index contributed by atoms with van der Waals surface area (Å²) in [7, 11) is 0. The SMILES string of the molecule is Oc1ccc(CF)c(O)c1. The molecule has 0 aliphatic carbocycles. The average molecular weight is 142 g/mol. The van der Waals surface area contributed by atoms with Gasteiger partial charge in [-0.3, -0.25) is 0 Å². The maximum absolute atomic E-state index is 11.9. The van der Waals surface area contributed by atoms with Crippen molar-refractivity contribution >= 4 is 0 Å². The highest BCUT2D eigenvalue weighted by Crippen LogP contribution is 2.22. The number of hydrogen-bond acceptors (Lipinski definition) is 2. The highest BCUT2D eigenvalue weighted by atomic mass is 19.1. The first-order valence-corrected chi connectivity index (χ1v) is 2.81. The van der Waals surface area contributed by atoms with Crippen molar-refractivity contribution < 1.29 is 14.6 Å². The van der Waals surface area contributed by atoms with E-state index in [1.807, 2.05) is 0 Å². The molecule has 10 heavy (non-hydrogen) atoms. The second-order valence-corrected chi connectivity index (χ2v) is 1.95. The van der Waals surface area contributed by atoms with Crippen LogP contribution in [0.5, 0.6) is 11.5 Å². The molecule has 0 unspecified atom stereocenters. The van der Waals surface area contributed by atoms with E-state index >= 15 is 0 Å². The summed E-state index contributed by atoms with van der Waals surface area (Å²) in [5.41, 5.74) is 0.192. The van der Waals surface area contributed by atoms with E-state index in [1.165, 1.54) is 12.1 Å². The van der Waals surface area contributed by atoms with Gasteiger partial charge in [0.15, 0.2) is 0 Å². The lowest BCUT2D eigenvalue weighted by Crippen LogP contribution is -1.78. The first kappa shape index (κ1) is 6.86. The Morgan fingerprint density at radius 1 is 1.30 bits per heavy atom. The summed E-state index contributed by atoms with van der Waals surface area (Å²) in [6, 6.07) is 3.77. The van der Waals surface area contributed by atoms with Crippen LogP contribution in [-0.4, -0.2) is 10.2 Å². The topological polar surface area (TPSA) is 40.5 Å². The third-order valence-electron chi connectivity index (χ3n) is 1.21. The molecule has 3 heteroatoms. The molecule has 0 aliphatic rings. The van der Waals surface area contributed by atoms with Gasteiger partial charge in [0.25, 0.3) is 0 Å². The van der Waals surface area contributed by atoms with Gasteiger partial charge in [-0.2, -0.15) is 0 Å². The number of aromatic hydroxyl groups is 2. The number of halogens is 1. The van der Waals surface area contributed by atoms with E-state index < -0.39 is 6.67 Å². The average Bonchev–Trinajstić information content (AvgIpc) is 1.88. The van der Waals surface area contributed by atoms with Gasteiger partial charge in [0.05, 0.1) is 0 Å². The Morgan fingerprint density at radius 2 is 2.00 bits per heavy atom. The zero-order valence-electron chi connectivity index (χ0n) is 5.21. The van der Waals surface area contributed by atoms with Crippen LogP contribution in [0.3, 0.4) is 0 Å². The number of benzene rings is 1. The smallest absolute Gasteiger partial charge is 0.125 e. The largest absolute Gasteiger partial charge is 0.508 e. The number of rotatable bonds is 1. The summed E-state index contributed by atoms with van der Waals surface area (Å²) in [5.74, 6) is -0.266. The minimum Gasteiger partial charge on any atom is -0.508 e. The summed E-state index contributed by atoms with van der Waals surface area (Å²) in [5, 5.41) is 17.6. The third kappa shape index (κ3) is 1.18. The van der Waals surface area contributed by atoms with E-state index in [9.17, 15) is 4.39 Å². The Labute approximate surface area is 57.6 Å². The predicted octanol–water partition coefficient (Wildman–Crippen LogP) is 1.57. The maximum Gasteiger partial charge on any atom is 0.125 e. The lowest BCUT2D eigenvalue weighted by molar-refractivity contribution is 0.423. The van der Waals surface area contributed by atoms with Gasteiger partial charge in [0.1, 0.15) is 18.2 Å². The van der Waals surface area contributed by atoms with E-state index in [0.29, 0.717) is 0 Å². The van der Waals surface area contributed by atoms with E-state index in [-0.39, 0.29) is 17.1 Å². The quantitative estimate of drug-likeness (QED) is 0.624. The molecular weight excluding hydrogens is 135 g/mol. The van der Waals surface area contributed by atoms with Crippen molar-refractivity contribution in [2.75, 3.05) is 0 Å². The van der Waals surface area contributed by atoms with Crippen molar-refractivity contribution in [3.05, 3.63) is 23.8 Å². The van der Waals surface area contributed by atoms with E-state index in [4.69, 9.17) is 10.2 Å². The summed E-state index contributed by atoms with van der Waals surface area (Å²) < 4.78 is 11.9. The minimum absolute atomic E-state index is 0.0605. The van der Waals surface area contributed by atoms with Gasteiger partial charge < -0.3 is 10.2 Å². The highest BCUT2D eigenvalue weighted by Gasteiger charge is 1.99. The fraction of sp³-hybridized carbons (Fsp3) is 0.143. The Balaban J connectivity index is 3.07. The molecule has 0 spiro atoms. The lowest BCUT2D eigenvalue weighted by Gasteiger charge is -1.98. The monoisotopic (exact) mass is 142 g/mol. The standard InChI is InChI=1S/C7H7FO2/c8-4-5-1-2-6(9)3-7(5)10/h1-3,9-10H,4H2. The van der Waals surface area contributed by atoms with Gasteiger partial charge >= 0.3 is 0 Å². The summed E-state index contributed by atoms with van der Waals surface area (Å²) >= 11 is 0. The fourth-order valence-electron chi connectivity index (χ4n) is 0.665. The zero-order chi connectivity index (χ0) is 7.56. The molecular formula is C7H7FO2. The number of phenols is 2. The van der Waals surface area contributed by atoms with Crippen molar-refractivity contribution in [2.45, 2.75) is 6.67 Å². The van der Waals surface area contributed by atoms with Crippen molar-refractivity contribution in [3.63, 3.8) is 0 Å². The van der Waals surface area contributed by atoms with Gasteiger partial charge in [0.2, 0.25) is 0 Å². The van der Waals surface area contributed by atoms with Crippen molar-refractivity contribution in [2.24, 2.45) is 0 Å². The third-order valence-corrected chi connectivity index (χ3v) is 1.21. The summed E-state index contributed by atoms with van der Waals surface area (Å²) in [4.78, 5) is 0.